The molecule has 0 aliphatic rings. The first-order valence-corrected chi connectivity index (χ1v) is 5.29. The largest absolute Gasteiger partial charge is 2.00 e. The average molecular weight is 261 g/mol. The van der Waals surface area contributed by atoms with E-state index in [1.807, 2.05) is 0 Å². The molecule has 0 aromatic carbocycles. The monoisotopic (exact) mass is 260 g/mol. The molecule has 5 nitrogen and oxygen atoms in total. The molecule has 2 atom stereocenters. The first kappa shape index (κ1) is 19.2. The molecule has 0 saturated heterocycles. The smallest absolute Gasteiger partial charge is 0.781 e. The molecular weight excluding hydrogens is 254 g/mol. The first-order valence-electron chi connectivity index (χ1n) is 2.31. The fourth-order valence-corrected chi connectivity index (χ4v) is 0.612. The Morgan fingerprint density at radius 2 is 1.67 bits per heavy atom. The second-order valence-electron chi connectivity index (χ2n) is 1.05. The van der Waals surface area contributed by atoms with Crippen LogP contribution in [0.3, 0.4) is 0 Å². The summed E-state index contributed by atoms with van der Waals surface area (Å²) in [5, 5.41) is 0. The Bertz CT molecular complexity index is 142. The molecule has 0 radical (unpaired) electrons. The molecule has 0 aliphatic carbocycles. The van der Waals surface area contributed by atoms with Gasteiger partial charge in [0.25, 0.3) is 0 Å². The molecule has 0 bridgehead atoms. The average Bonchev–Trinajstić information content (AvgIpc) is 1.85. The second-order valence-corrected chi connectivity index (χ2v) is 3.17. The van der Waals surface area contributed by atoms with Crippen LogP contribution in [-0.4, -0.2) is 43.6 Å². The van der Waals surface area contributed by atoms with E-state index in [4.69, 9.17) is 11.6 Å². The Morgan fingerprint density at radius 3 is 1.67 bits per heavy atom. The number of rotatable bonds is 3. The van der Waals surface area contributed by atoms with Crippen LogP contribution in [0.15, 0.2) is 12.7 Å². The van der Waals surface area contributed by atoms with Gasteiger partial charge in [-0.1, -0.05) is 6.08 Å². The maximum absolute atomic E-state index is 9.29. The Morgan fingerprint density at radius 1 is 1.42 bits per heavy atom. The molecule has 0 aromatic rings. The molecule has 0 saturated carbocycles. The summed E-state index contributed by atoms with van der Waals surface area (Å²) in [5.74, 6) is 0.556. The Labute approximate surface area is 107 Å². The van der Waals surface area contributed by atoms with Gasteiger partial charge in [0.05, 0.1) is 0 Å². The molecule has 0 aliphatic heterocycles. The van der Waals surface area contributed by atoms with Gasteiger partial charge in [0, 0.05) is 5.88 Å². The van der Waals surface area contributed by atoms with E-state index in [-0.39, 0.29) is 37.7 Å². The van der Waals surface area contributed by atoms with Gasteiger partial charge >= 0.3 is 37.7 Å². The van der Waals surface area contributed by atoms with E-state index in [0.717, 1.165) is 0 Å². The van der Waals surface area contributed by atoms with Gasteiger partial charge < -0.3 is 18.9 Å². The van der Waals surface area contributed by atoms with Crippen molar-refractivity contribution in [3.63, 3.8) is 0 Å². The van der Waals surface area contributed by atoms with Crippen molar-refractivity contribution in [1.82, 2.24) is 0 Å². The number of hydrogen-bond donors (Lipinski definition) is 0. The van der Waals surface area contributed by atoms with Gasteiger partial charge in [-0.3, -0.25) is 4.31 Å². The van der Waals surface area contributed by atoms with Crippen LogP contribution in [-0.2, 0) is 13.4 Å². The summed E-state index contributed by atoms with van der Waals surface area (Å²) >= 11 is 5.07. The minimum absolute atomic E-state index is 0. The zero-order valence-corrected chi connectivity index (χ0v) is 11.1. The predicted molar refractivity (Wildman–Crippen MR) is 45.8 cm³/mol. The number of allylic oxidation sites excluding steroid dienone is 1. The molecule has 2 unspecified atom stereocenters. The fourth-order valence-electron chi connectivity index (χ4n) is 0.0680. The topological polar surface area (TPSA) is 89.5 Å². The second kappa shape index (κ2) is 15.1. The quantitative estimate of drug-likeness (QED) is 0.296. The van der Waals surface area contributed by atoms with E-state index in [0.29, 0.717) is 5.88 Å². The van der Waals surface area contributed by atoms with Gasteiger partial charge in [-0.25, -0.2) is 0 Å². The number of hydrogen-bond acceptors (Lipinski definition) is 5. The SMILES string of the molecule is C=CCCl.O=[PH]([O-])O[PH](=O)[O-].[Ca+2]. The third-order valence-corrected chi connectivity index (χ3v) is 1.83. The van der Waals surface area contributed by atoms with Gasteiger partial charge in [-0.15, -0.1) is 18.2 Å². The van der Waals surface area contributed by atoms with Crippen molar-refractivity contribution in [2.45, 2.75) is 0 Å². The van der Waals surface area contributed by atoms with Gasteiger partial charge in [-0.05, 0) is 0 Å². The summed E-state index contributed by atoms with van der Waals surface area (Å²) in [4.78, 5) is 18.6. The van der Waals surface area contributed by atoms with Crippen LogP contribution >= 0.6 is 28.1 Å². The molecule has 0 amide bonds. The molecule has 0 aromatic heterocycles. The van der Waals surface area contributed by atoms with E-state index in [9.17, 15) is 18.9 Å². The van der Waals surface area contributed by atoms with E-state index < -0.39 is 16.5 Å². The van der Waals surface area contributed by atoms with Gasteiger partial charge in [-0.2, -0.15) is 0 Å². The van der Waals surface area contributed by atoms with Crippen LogP contribution < -0.4 is 9.79 Å². The van der Waals surface area contributed by atoms with Crippen LogP contribution in [0.1, 0.15) is 0 Å². The van der Waals surface area contributed by atoms with E-state index >= 15 is 0 Å². The van der Waals surface area contributed by atoms with Gasteiger partial charge in [0.1, 0.15) is 16.5 Å². The first-order chi connectivity index (χ1) is 5.04. The minimum Gasteiger partial charge on any atom is -0.781 e. The molecule has 68 valence electrons. The molecule has 0 rings (SSSR count). The summed E-state index contributed by atoms with van der Waals surface area (Å²) in [6.07, 6.45) is 1.64. The van der Waals surface area contributed by atoms with E-state index in [1.54, 1.807) is 6.08 Å². The molecule has 12 heavy (non-hydrogen) atoms. The van der Waals surface area contributed by atoms with Crippen molar-refractivity contribution < 1.29 is 23.2 Å². The van der Waals surface area contributed by atoms with Gasteiger partial charge in [0.2, 0.25) is 0 Å². The normalized spacial score (nSPS) is 12.9. The molecular formula is C3H7CaClO5P2. The van der Waals surface area contributed by atoms with Crippen LogP contribution in [0.5, 0.6) is 0 Å². The van der Waals surface area contributed by atoms with Crippen molar-refractivity contribution in [2.75, 3.05) is 5.88 Å². The predicted octanol–water partition coefficient (Wildman–Crippen LogP) is -0.467. The maximum atomic E-state index is 9.29. The van der Waals surface area contributed by atoms with Crippen LogP contribution in [0.2, 0.25) is 0 Å². The molecule has 0 N–H and O–H groups in total. The minimum atomic E-state index is -3.51. The molecule has 0 heterocycles. The summed E-state index contributed by atoms with van der Waals surface area (Å²) in [7, 11) is -7.03. The fraction of sp³-hybridized carbons (Fsp3) is 0.333. The number of halogens is 1. The standard InChI is InChI=1S/C3H5Cl.Ca.H4O5P2/c1-2-3-4;;1-6(2)5-7(3)4/h2H,1,3H2;;6-7H,(H,1,2)(H,3,4)/q;+2;/p-2. The van der Waals surface area contributed by atoms with Crippen molar-refractivity contribution >= 4 is 65.8 Å². The summed E-state index contributed by atoms with van der Waals surface area (Å²) < 4.78 is 21.8. The molecule has 0 fully saturated rings. The van der Waals surface area contributed by atoms with Crippen LogP contribution in [0, 0.1) is 0 Å². The van der Waals surface area contributed by atoms with Crippen molar-refractivity contribution in [1.29, 1.82) is 0 Å². The Hall–Kier alpha value is 1.63. The summed E-state index contributed by atoms with van der Waals surface area (Å²) in [6.45, 7) is 3.35. The Kier molecular flexibility index (Phi) is 24.2. The zero-order chi connectivity index (χ0) is 9.28. The maximum Gasteiger partial charge on any atom is 2.00 e. The van der Waals surface area contributed by atoms with Gasteiger partial charge in [0.15, 0.2) is 0 Å². The van der Waals surface area contributed by atoms with Crippen molar-refractivity contribution in [2.24, 2.45) is 0 Å². The van der Waals surface area contributed by atoms with Crippen LogP contribution in [0.4, 0.5) is 0 Å². The summed E-state index contributed by atoms with van der Waals surface area (Å²) in [5.41, 5.74) is 0. The van der Waals surface area contributed by atoms with Crippen molar-refractivity contribution in [3.05, 3.63) is 12.7 Å². The Balaban J connectivity index is -0.000000142. The van der Waals surface area contributed by atoms with E-state index in [1.165, 1.54) is 0 Å². The molecule has 0 spiro atoms. The third kappa shape index (κ3) is 29.9. The number of alkyl halides is 1. The van der Waals surface area contributed by atoms with E-state index in [2.05, 4.69) is 10.9 Å². The zero-order valence-electron chi connectivity index (χ0n) is 6.12. The molecule has 9 heteroatoms. The van der Waals surface area contributed by atoms with Crippen LogP contribution in [0.25, 0.3) is 0 Å². The summed E-state index contributed by atoms with van der Waals surface area (Å²) in [6, 6.07) is 0. The third-order valence-electron chi connectivity index (χ3n) is 0.276. The van der Waals surface area contributed by atoms with Crippen molar-refractivity contribution in [3.8, 4) is 0 Å².